The smallest absolute Gasteiger partial charge is 0.308 e. The minimum absolute atomic E-state index is 0.00974. The van der Waals surface area contributed by atoms with Gasteiger partial charge in [0.05, 0.1) is 6.61 Å². The van der Waals surface area contributed by atoms with E-state index >= 15 is 0 Å². The molecule has 0 heterocycles. The summed E-state index contributed by atoms with van der Waals surface area (Å²) in [7, 11) is 0. The zero-order valence-electron chi connectivity index (χ0n) is 16.5. The molecule has 25 heavy (non-hydrogen) atoms. The van der Waals surface area contributed by atoms with Crippen LogP contribution in [0, 0.1) is 5.41 Å². The Morgan fingerprint density at radius 3 is 2.44 bits per heavy atom. The zero-order valence-corrected chi connectivity index (χ0v) is 16.5. The number of aliphatic hydroxyl groups excluding tert-OH is 1. The van der Waals surface area contributed by atoms with E-state index in [2.05, 4.69) is 26.8 Å². The van der Waals surface area contributed by atoms with Gasteiger partial charge >= 0.3 is 5.97 Å². The van der Waals surface area contributed by atoms with Gasteiger partial charge in [-0.15, -0.1) is 0 Å². The van der Waals surface area contributed by atoms with Gasteiger partial charge in [-0.3, -0.25) is 4.79 Å². The summed E-state index contributed by atoms with van der Waals surface area (Å²) in [5, 5.41) is 8.93. The Morgan fingerprint density at radius 1 is 1.20 bits per heavy atom. The van der Waals surface area contributed by atoms with E-state index in [0.717, 1.165) is 17.6 Å². The highest BCUT2D eigenvalue weighted by Crippen LogP contribution is 2.40. The van der Waals surface area contributed by atoms with Crippen molar-refractivity contribution in [2.45, 2.75) is 60.8 Å². The van der Waals surface area contributed by atoms with Crippen LogP contribution in [0.3, 0.4) is 0 Å². The number of hydrogen-bond acceptors (Lipinski definition) is 3. The molecule has 0 saturated heterocycles. The molecule has 0 aromatic rings. The summed E-state index contributed by atoms with van der Waals surface area (Å²) >= 11 is 0. The topological polar surface area (TPSA) is 46.5 Å². The predicted molar refractivity (Wildman–Crippen MR) is 104 cm³/mol. The van der Waals surface area contributed by atoms with Crippen LogP contribution in [0.25, 0.3) is 0 Å². The van der Waals surface area contributed by atoms with Crippen molar-refractivity contribution in [3.8, 4) is 0 Å². The standard InChI is InChI=1S/C22H32O3/c1-16(13-15-23)9-12-21(25-19(4)24)18(3)10-11-20-17(2)8-7-14-22(20,5)6/h9-13,23H,7-8,14-15H2,1-6H3/b11-10+,12-9+,16-13-,21-18+. The largest absolute Gasteiger partial charge is 0.426 e. The highest BCUT2D eigenvalue weighted by Gasteiger charge is 2.26. The van der Waals surface area contributed by atoms with E-state index in [1.165, 1.54) is 30.9 Å². The maximum absolute atomic E-state index is 11.4. The van der Waals surface area contributed by atoms with E-state index in [1.807, 2.05) is 26.0 Å². The Morgan fingerprint density at radius 2 is 1.88 bits per heavy atom. The summed E-state index contributed by atoms with van der Waals surface area (Å²) in [5.74, 6) is 0.186. The van der Waals surface area contributed by atoms with Crippen LogP contribution in [-0.4, -0.2) is 17.7 Å². The monoisotopic (exact) mass is 344 g/mol. The van der Waals surface area contributed by atoms with Crippen molar-refractivity contribution in [1.29, 1.82) is 0 Å². The quantitative estimate of drug-likeness (QED) is 0.398. The van der Waals surface area contributed by atoms with Gasteiger partial charge in [-0.25, -0.2) is 0 Å². The van der Waals surface area contributed by atoms with Crippen LogP contribution in [0.15, 0.2) is 58.4 Å². The number of rotatable bonds is 6. The molecule has 3 nitrogen and oxygen atoms in total. The van der Waals surface area contributed by atoms with Crippen LogP contribution in [0.4, 0.5) is 0 Å². The van der Waals surface area contributed by atoms with E-state index in [1.54, 1.807) is 12.2 Å². The summed E-state index contributed by atoms with van der Waals surface area (Å²) in [4.78, 5) is 11.4. The van der Waals surface area contributed by atoms with Crippen LogP contribution < -0.4 is 0 Å². The predicted octanol–water partition coefficient (Wildman–Crippen LogP) is 5.40. The fraction of sp³-hybridized carbons (Fsp3) is 0.500. The second kappa shape index (κ2) is 9.57. The first-order valence-corrected chi connectivity index (χ1v) is 8.90. The number of carbonyl (C=O) groups excluding carboxylic acids is 1. The fourth-order valence-corrected chi connectivity index (χ4v) is 3.12. The highest BCUT2D eigenvalue weighted by molar-refractivity contribution is 5.68. The lowest BCUT2D eigenvalue weighted by molar-refractivity contribution is -0.136. The molecule has 3 heteroatoms. The SMILES string of the molecule is CC(=O)OC(/C=C/C(C)=C\CO)=C(C)/C=C/C1=C(C)CCCC1(C)C. The third kappa shape index (κ3) is 6.87. The zero-order chi connectivity index (χ0) is 19.0. The number of allylic oxidation sites excluding steroid dienone is 8. The lowest BCUT2D eigenvalue weighted by Gasteiger charge is -2.33. The summed E-state index contributed by atoms with van der Waals surface area (Å²) in [6.07, 6.45) is 13.1. The molecule has 0 aliphatic heterocycles. The molecule has 0 bridgehead atoms. The normalized spacial score (nSPS) is 19.6. The van der Waals surface area contributed by atoms with Gasteiger partial charge in [0, 0.05) is 6.92 Å². The maximum atomic E-state index is 11.4. The number of aliphatic hydroxyl groups is 1. The van der Waals surface area contributed by atoms with E-state index in [9.17, 15) is 4.79 Å². The summed E-state index contributed by atoms with van der Waals surface area (Å²) < 4.78 is 5.36. The number of esters is 1. The molecule has 0 amide bonds. The molecule has 0 spiro atoms. The Balaban J connectivity index is 3.15. The average molecular weight is 344 g/mol. The van der Waals surface area contributed by atoms with Crippen molar-refractivity contribution in [3.63, 3.8) is 0 Å². The maximum Gasteiger partial charge on any atom is 0.308 e. The van der Waals surface area contributed by atoms with Crippen molar-refractivity contribution in [1.82, 2.24) is 0 Å². The molecule has 138 valence electrons. The molecule has 0 aromatic heterocycles. The molecule has 0 radical (unpaired) electrons. The molecule has 0 fully saturated rings. The Kier molecular flexibility index (Phi) is 8.11. The van der Waals surface area contributed by atoms with Gasteiger partial charge in [0.1, 0.15) is 5.76 Å². The van der Waals surface area contributed by atoms with Gasteiger partial charge in [-0.2, -0.15) is 0 Å². The third-order valence-electron chi connectivity index (χ3n) is 4.60. The summed E-state index contributed by atoms with van der Waals surface area (Å²) in [6, 6.07) is 0. The van der Waals surface area contributed by atoms with E-state index in [0.29, 0.717) is 5.76 Å². The van der Waals surface area contributed by atoms with Crippen molar-refractivity contribution >= 4 is 5.97 Å². The Hall–Kier alpha value is -1.87. The van der Waals surface area contributed by atoms with Crippen molar-refractivity contribution in [2.75, 3.05) is 6.61 Å². The minimum Gasteiger partial charge on any atom is -0.426 e. The van der Waals surface area contributed by atoms with E-state index in [4.69, 9.17) is 9.84 Å². The molecular formula is C22H32O3. The van der Waals surface area contributed by atoms with Crippen LogP contribution in [0.2, 0.25) is 0 Å². The van der Waals surface area contributed by atoms with Crippen molar-refractivity contribution in [2.24, 2.45) is 5.41 Å². The van der Waals surface area contributed by atoms with Crippen molar-refractivity contribution in [3.05, 3.63) is 58.4 Å². The fourth-order valence-electron chi connectivity index (χ4n) is 3.12. The van der Waals surface area contributed by atoms with E-state index < -0.39 is 0 Å². The van der Waals surface area contributed by atoms with Gasteiger partial charge < -0.3 is 9.84 Å². The molecule has 0 saturated carbocycles. The lowest BCUT2D eigenvalue weighted by Crippen LogP contribution is -2.19. The van der Waals surface area contributed by atoms with Crippen LogP contribution in [-0.2, 0) is 9.53 Å². The number of ether oxygens (including phenoxy) is 1. The van der Waals surface area contributed by atoms with Crippen LogP contribution in [0.5, 0.6) is 0 Å². The third-order valence-corrected chi connectivity index (χ3v) is 4.60. The number of hydrogen-bond donors (Lipinski definition) is 1. The molecule has 1 aliphatic carbocycles. The summed E-state index contributed by atoms with van der Waals surface area (Å²) in [6.45, 7) is 12.0. The lowest BCUT2D eigenvalue weighted by atomic mass is 9.72. The highest BCUT2D eigenvalue weighted by atomic mass is 16.5. The van der Waals surface area contributed by atoms with Gasteiger partial charge in [0.25, 0.3) is 0 Å². The second-order valence-electron chi connectivity index (χ2n) is 7.37. The first-order chi connectivity index (χ1) is 11.7. The molecule has 0 unspecified atom stereocenters. The second-order valence-corrected chi connectivity index (χ2v) is 7.37. The van der Waals surface area contributed by atoms with Gasteiger partial charge in [0.15, 0.2) is 0 Å². The molecule has 0 aromatic carbocycles. The molecular weight excluding hydrogens is 312 g/mol. The van der Waals surface area contributed by atoms with Gasteiger partial charge in [-0.1, -0.05) is 49.3 Å². The van der Waals surface area contributed by atoms with Crippen molar-refractivity contribution < 1.29 is 14.6 Å². The van der Waals surface area contributed by atoms with E-state index in [-0.39, 0.29) is 18.0 Å². The molecule has 0 atom stereocenters. The van der Waals surface area contributed by atoms with Crippen LogP contribution >= 0.6 is 0 Å². The first-order valence-electron chi connectivity index (χ1n) is 8.90. The Labute approximate surface area is 152 Å². The number of carbonyl (C=O) groups is 1. The first kappa shape index (κ1) is 21.2. The molecule has 1 rings (SSSR count). The Bertz CT molecular complexity index is 640. The van der Waals surface area contributed by atoms with Gasteiger partial charge in [-0.05, 0) is 62.7 Å². The molecule has 1 aliphatic rings. The van der Waals surface area contributed by atoms with Gasteiger partial charge in [0.2, 0.25) is 0 Å². The molecule has 1 N–H and O–H groups in total. The average Bonchev–Trinajstić information content (AvgIpc) is 2.50. The van der Waals surface area contributed by atoms with Crippen LogP contribution in [0.1, 0.15) is 60.8 Å². The minimum atomic E-state index is -0.343. The summed E-state index contributed by atoms with van der Waals surface area (Å²) in [5.41, 5.74) is 4.80.